The molecule has 2 aromatic carbocycles. The lowest BCUT2D eigenvalue weighted by Gasteiger charge is -2.23. The van der Waals surface area contributed by atoms with Crippen molar-refractivity contribution in [2.75, 3.05) is 5.32 Å². The Kier molecular flexibility index (Phi) is 6.44. The summed E-state index contributed by atoms with van der Waals surface area (Å²) < 4.78 is 27.2. The highest BCUT2D eigenvalue weighted by Gasteiger charge is 2.20. The van der Waals surface area contributed by atoms with Crippen molar-refractivity contribution in [1.82, 2.24) is 4.72 Å². The molecule has 0 aliphatic heterocycles. The van der Waals surface area contributed by atoms with E-state index in [-0.39, 0.29) is 22.3 Å². The van der Waals surface area contributed by atoms with E-state index in [0.717, 1.165) is 11.3 Å². The Labute approximate surface area is 162 Å². The van der Waals surface area contributed by atoms with Crippen LogP contribution in [0.1, 0.15) is 57.0 Å². The highest BCUT2D eigenvalue weighted by atomic mass is 32.2. The highest BCUT2D eigenvalue weighted by Crippen LogP contribution is 2.29. The van der Waals surface area contributed by atoms with E-state index in [2.05, 4.69) is 30.8 Å². The largest absolute Gasteiger partial charge is 0.322 e. The summed E-state index contributed by atoms with van der Waals surface area (Å²) in [5, 5.41) is 2.93. The monoisotopic (exact) mass is 388 g/mol. The van der Waals surface area contributed by atoms with Gasteiger partial charge in [0, 0.05) is 17.3 Å². The first-order chi connectivity index (χ1) is 12.5. The Hall–Kier alpha value is -2.18. The molecular weight excluding hydrogens is 360 g/mol. The topological polar surface area (TPSA) is 75.3 Å². The molecule has 0 saturated heterocycles. The van der Waals surface area contributed by atoms with E-state index < -0.39 is 10.0 Å². The van der Waals surface area contributed by atoms with Crippen LogP contribution >= 0.6 is 0 Å². The Morgan fingerprint density at radius 1 is 1.04 bits per heavy atom. The smallest absolute Gasteiger partial charge is 0.255 e. The first kappa shape index (κ1) is 21.1. The third kappa shape index (κ3) is 5.40. The zero-order valence-corrected chi connectivity index (χ0v) is 17.4. The molecule has 1 amide bonds. The van der Waals surface area contributed by atoms with Crippen LogP contribution in [-0.2, 0) is 15.4 Å². The number of nitrogens with one attached hydrogen (secondary N) is 2. The molecule has 5 nitrogen and oxygen atoms in total. The summed E-state index contributed by atoms with van der Waals surface area (Å²) in [7, 11) is -3.58. The van der Waals surface area contributed by atoms with Crippen molar-refractivity contribution in [3.63, 3.8) is 0 Å². The fraction of sp³-hybridized carbons (Fsp3) is 0.381. The molecule has 0 aromatic heterocycles. The van der Waals surface area contributed by atoms with Gasteiger partial charge in [0.15, 0.2) is 0 Å². The van der Waals surface area contributed by atoms with E-state index in [4.69, 9.17) is 0 Å². The standard InChI is InChI=1S/C21H28N2O3S/c1-6-15(2)23-27(25,26)17-13-11-16(12-14-17)20(24)22-19-10-8-7-9-18(19)21(3,4)5/h7-15,23H,6H2,1-5H3,(H,22,24). The Bertz CT molecular complexity index is 898. The number of sulfonamides is 1. The van der Waals surface area contributed by atoms with Crippen LogP contribution < -0.4 is 10.0 Å². The van der Waals surface area contributed by atoms with Gasteiger partial charge in [-0.15, -0.1) is 0 Å². The summed E-state index contributed by atoms with van der Waals surface area (Å²) in [4.78, 5) is 12.7. The van der Waals surface area contributed by atoms with Crippen LogP contribution in [0.15, 0.2) is 53.4 Å². The van der Waals surface area contributed by atoms with Crippen molar-refractivity contribution in [2.45, 2.75) is 57.4 Å². The van der Waals surface area contributed by atoms with Gasteiger partial charge in [-0.1, -0.05) is 45.9 Å². The number of anilines is 1. The molecule has 6 heteroatoms. The molecule has 2 rings (SSSR count). The van der Waals surface area contributed by atoms with E-state index in [1.54, 1.807) is 0 Å². The van der Waals surface area contributed by atoms with Gasteiger partial charge in [-0.05, 0) is 54.7 Å². The molecule has 0 spiro atoms. The summed E-state index contributed by atoms with van der Waals surface area (Å²) in [6, 6.07) is 13.5. The molecule has 1 atom stereocenters. The second-order valence-corrected chi connectivity index (χ2v) is 9.42. The van der Waals surface area contributed by atoms with Gasteiger partial charge in [-0.2, -0.15) is 0 Å². The maximum Gasteiger partial charge on any atom is 0.255 e. The summed E-state index contributed by atoms with van der Waals surface area (Å²) >= 11 is 0. The zero-order chi connectivity index (χ0) is 20.2. The van der Waals surface area contributed by atoms with E-state index in [9.17, 15) is 13.2 Å². The van der Waals surface area contributed by atoms with Crippen molar-refractivity contribution < 1.29 is 13.2 Å². The van der Waals surface area contributed by atoms with Gasteiger partial charge in [0.2, 0.25) is 10.0 Å². The molecule has 0 aliphatic rings. The number of rotatable bonds is 6. The molecule has 0 aliphatic carbocycles. The van der Waals surface area contributed by atoms with Crippen LogP contribution in [0.2, 0.25) is 0 Å². The van der Waals surface area contributed by atoms with Gasteiger partial charge in [0.05, 0.1) is 4.90 Å². The second-order valence-electron chi connectivity index (χ2n) is 7.70. The summed E-state index contributed by atoms with van der Waals surface area (Å²) in [6.07, 6.45) is 0.701. The van der Waals surface area contributed by atoms with Crippen molar-refractivity contribution in [2.24, 2.45) is 0 Å². The normalized spacial score (nSPS) is 13.2. The minimum atomic E-state index is -3.58. The van der Waals surface area contributed by atoms with Gasteiger partial charge in [-0.3, -0.25) is 4.79 Å². The average molecular weight is 389 g/mol. The molecule has 0 bridgehead atoms. The number of carbonyl (C=O) groups is 1. The summed E-state index contributed by atoms with van der Waals surface area (Å²) in [5.74, 6) is -0.273. The first-order valence-corrected chi connectivity index (χ1v) is 10.6. The maximum absolute atomic E-state index is 12.6. The Morgan fingerprint density at radius 2 is 1.63 bits per heavy atom. The van der Waals surface area contributed by atoms with Crippen molar-refractivity contribution in [3.8, 4) is 0 Å². The predicted molar refractivity (Wildman–Crippen MR) is 110 cm³/mol. The predicted octanol–water partition coefficient (Wildman–Crippen LogP) is 4.31. The molecule has 0 saturated carbocycles. The van der Waals surface area contributed by atoms with Crippen LogP contribution in [0.25, 0.3) is 0 Å². The fourth-order valence-electron chi connectivity index (χ4n) is 2.64. The first-order valence-electron chi connectivity index (χ1n) is 9.08. The van der Waals surface area contributed by atoms with Crippen LogP contribution in [0.3, 0.4) is 0 Å². The van der Waals surface area contributed by atoms with Gasteiger partial charge in [0.25, 0.3) is 5.91 Å². The molecule has 2 N–H and O–H groups in total. The van der Waals surface area contributed by atoms with Crippen LogP contribution in [0.5, 0.6) is 0 Å². The average Bonchev–Trinajstić information content (AvgIpc) is 2.61. The van der Waals surface area contributed by atoms with Crippen molar-refractivity contribution in [1.29, 1.82) is 0 Å². The number of amides is 1. The number of carbonyl (C=O) groups excluding carboxylic acids is 1. The van der Waals surface area contributed by atoms with E-state index in [1.165, 1.54) is 24.3 Å². The van der Waals surface area contributed by atoms with Gasteiger partial charge >= 0.3 is 0 Å². The molecule has 2 aromatic rings. The zero-order valence-electron chi connectivity index (χ0n) is 16.5. The molecule has 0 heterocycles. The lowest BCUT2D eigenvalue weighted by molar-refractivity contribution is 0.102. The quantitative estimate of drug-likeness (QED) is 0.774. The lowest BCUT2D eigenvalue weighted by Crippen LogP contribution is -2.32. The molecule has 0 fully saturated rings. The van der Waals surface area contributed by atoms with Crippen LogP contribution in [-0.4, -0.2) is 20.4 Å². The number of hydrogen-bond donors (Lipinski definition) is 2. The molecular formula is C21H28N2O3S. The van der Waals surface area contributed by atoms with Gasteiger partial charge in [-0.25, -0.2) is 13.1 Å². The van der Waals surface area contributed by atoms with Crippen LogP contribution in [0, 0.1) is 0 Å². The van der Waals surface area contributed by atoms with Crippen molar-refractivity contribution in [3.05, 3.63) is 59.7 Å². The fourth-order valence-corrected chi connectivity index (χ4v) is 3.97. The Morgan fingerprint density at radius 3 is 2.19 bits per heavy atom. The van der Waals surface area contributed by atoms with Gasteiger partial charge < -0.3 is 5.32 Å². The highest BCUT2D eigenvalue weighted by molar-refractivity contribution is 7.89. The SMILES string of the molecule is CCC(C)NS(=O)(=O)c1ccc(C(=O)Nc2ccccc2C(C)(C)C)cc1. The van der Waals surface area contributed by atoms with Crippen molar-refractivity contribution >= 4 is 21.6 Å². The third-order valence-electron chi connectivity index (χ3n) is 4.38. The molecule has 146 valence electrons. The van der Waals surface area contributed by atoms with Crippen LogP contribution in [0.4, 0.5) is 5.69 Å². The van der Waals surface area contributed by atoms with Gasteiger partial charge in [0.1, 0.15) is 0 Å². The minimum absolute atomic E-state index is 0.108. The molecule has 1 unspecified atom stereocenters. The number of para-hydroxylation sites is 1. The minimum Gasteiger partial charge on any atom is -0.322 e. The van der Waals surface area contributed by atoms with E-state index in [1.807, 2.05) is 38.1 Å². The molecule has 27 heavy (non-hydrogen) atoms. The summed E-state index contributed by atoms with van der Waals surface area (Å²) in [5.41, 5.74) is 2.09. The molecule has 0 radical (unpaired) electrons. The maximum atomic E-state index is 12.6. The third-order valence-corrected chi connectivity index (χ3v) is 5.98. The number of benzene rings is 2. The summed E-state index contributed by atoms with van der Waals surface area (Å²) in [6.45, 7) is 9.98. The second kappa shape index (κ2) is 8.23. The Balaban J connectivity index is 2.20. The lowest BCUT2D eigenvalue weighted by atomic mass is 9.86. The van der Waals surface area contributed by atoms with E-state index >= 15 is 0 Å². The number of hydrogen-bond acceptors (Lipinski definition) is 3. The van der Waals surface area contributed by atoms with E-state index in [0.29, 0.717) is 12.0 Å².